The van der Waals surface area contributed by atoms with Crippen molar-refractivity contribution in [3.8, 4) is 5.75 Å². The van der Waals surface area contributed by atoms with Crippen LogP contribution in [0.1, 0.15) is 26.3 Å². The van der Waals surface area contributed by atoms with Crippen LogP contribution in [0.15, 0.2) is 29.3 Å². The SMILES string of the molecule is COc1cccc(C/C(N)=N/C(=O)OC(C)(C)C)c1. The van der Waals surface area contributed by atoms with Gasteiger partial charge in [0, 0.05) is 6.42 Å². The van der Waals surface area contributed by atoms with Crippen molar-refractivity contribution in [2.24, 2.45) is 10.7 Å². The van der Waals surface area contributed by atoms with Gasteiger partial charge in [-0.15, -0.1) is 0 Å². The van der Waals surface area contributed by atoms with E-state index in [4.69, 9.17) is 15.2 Å². The van der Waals surface area contributed by atoms with E-state index in [9.17, 15) is 4.79 Å². The van der Waals surface area contributed by atoms with E-state index in [0.717, 1.165) is 11.3 Å². The standard InChI is InChI=1S/C14H20N2O3/c1-14(2,3)19-13(17)16-12(15)9-10-6-5-7-11(8-10)18-4/h5-8H,9H2,1-4H3,(H2,15,16,17). The number of rotatable bonds is 3. The Kier molecular flexibility index (Phi) is 4.92. The van der Waals surface area contributed by atoms with Crippen molar-refractivity contribution in [2.75, 3.05) is 7.11 Å². The molecule has 19 heavy (non-hydrogen) atoms. The van der Waals surface area contributed by atoms with Gasteiger partial charge in [0.15, 0.2) is 0 Å². The summed E-state index contributed by atoms with van der Waals surface area (Å²) in [5.41, 5.74) is 6.07. The van der Waals surface area contributed by atoms with Crippen molar-refractivity contribution in [2.45, 2.75) is 32.8 Å². The third kappa shape index (κ3) is 5.90. The minimum atomic E-state index is -0.673. The Morgan fingerprint density at radius 3 is 2.63 bits per heavy atom. The molecule has 0 fully saturated rings. The molecule has 0 saturated heterocycles. The number of amides is 1. The fourth-order valence-electron chi connectivity index (χ4n) is 1.43. The summed E-state index contributed by atoms with van der Waals surface area (Å²) in [6.45, 7) is 5.33. The third-order valence-corrected chi connectivity index (χ3v) is 2.15. The number of nitrogens with two attached hydrogens (primary N) is 1. The molecule has 2 N–H and O–H groups in total. The lowest BCUT2D eigenvalue weighted by Crippen LogP contribution is -2.24. The average molecular weight is 264 g/mol. The molecule has 1 amide bonds. The number of hydrogen-bond acceptors (Lipinski definition) is 3. The molecule has 0 aliphatic heterocycles. The molecule has 5 nitrogen and oxygen atoms in total. The van der Waals surface area contributed by atoms with Crippen LogP contribution in [-0.4, -0.2) is 24.6 Å². The van der Waals surface area contributed by atoms with Gasteiger partial charge < -0.3 is 15.2 Å². The normalized spacial score (nSPS) is 12.1. The first-order chi connectivity index (χ1) is 8.80. The maximum Gasteiger partial charge on any atom is 0.435 e. The number of methoxy groups -OCH3 is 1. The minimum Gasteiger partial charge on any atom is -0.497 e. The Morgan fingerprint density at radius 1 is 1.37 bits per heavy atom. The van der Waals surface area contributed by atoms with Gasteiger partial charge >= 0.3 is 6.09 Å². The van der Waals surface area contributed by atoms with Gasteiger partial charge in [-0.25, -0.2) is 4.79 Å². The van der Waals surface area contributed by atoms with Gasteiger partial charge in [0.1, 0.15) is 17.2 Å². The number of carbonyl (C=O) groups excluding carboxylic acids is 1. The molecular weight excluding hydrogens is 244 g/mol. The summed E-state index contributed by atoms with van der Waals surface area (Å²) in [4.78, 5) is 15.2. The highest BCUT2D eigenvalue weighted by atomic mass is 16.6. The summed E-state index contributed by atoms with van der Waals surface area (Å²) in [7, 11) is 1.59. The van der Waals surface area contributed by atoms with E-state index >= 15 is 0 Å². The molecule has 1 aromatic carbocycles. The minimum absolute atomic E-state index is 0.211. The first-order valence-corrected chi connectivity index (χ1v) is 5.99. The van der Waals surface area contributed by atoms with Gasteiger partial charge in [0.25, 0.3) is 0 Å². The highest BCUT2D eigenvalue weighted by molar-refractivity contribution is 5.92. The smallest absolute Gasteiger partial charge is 0.435 e. The summed E-state index contributed by atoms with van der Waals surface area (Å²) in [5.74, 6) is 0.949. The van der Waals surface area contributed by atoms with Gasteiger partial charge in [-0.2, -0.15) is 4.99 Å². The molecule has 0 aliphatic carbocycles. The van der Waals surface area contributed by atoms with E-state index in [0.29, 0.717) is 6.42 Å². The number of carbonyl (C=O) groups is 1. The second kappa shape index (κ2) is 6.22. The summed E-state index contributed by atoms with van der Waals surface area (Å²) in [6.07, 6.45) is -0.302. The Balaban J connectivity index is 2.68. The Labute approximate surface area is 113 Å². The number of aliphatic imine (C=N–C) groups is 1. The first-order valence-electron chi connectivity index (χ1n) is 5.99. The molecule has 5 heteroatoms. The quantitative estimate of drug-likeness (QED) is 0.672. The second-order valence-electron chi connectivity index (χ2n) is 5.11. The van der Waals surface area contributed by atoms with E-state index < -0.39 is 11.7 Å². The van der Waals surface area contributed by atoms with E-state index in [1.165, 1.54) is 0 Å². The lowest BCUT2D eigenvalue weighted by atomic mass is 10.1. The number of amidine groups is 1. The fraction of sp³-hybridized carbons (Fsp3) is 0.429. The van der Waals surface area contributed by atoms with Gasteiger partial charge in [-0.1, -0.05) is 12.1 Å². The molecule has 0 bridgehead atoms. The number of ether oxygens (including phenoxy) is 2. The molecule has 0 aliphatic rings. The fourth-order valence-corrected chi connectivity index (χ4v) is 1.43. The number of hydrogen-bond donors (Lipinski definition) is 1. The summed E-state index contributed by atoms with van der Waals surface area (Å²) in [6, 6.07) is 7.43. The second-order valence-corrected chi connectivity index (χ2v) is 5.11. The van der Waals surface area contributed by atoms with E-state index in [1.807, 2.05) is 24.3 Å². The lowest BCUT2D eigenvalue weighted by Gasteiger charge is -2.17. The Hall–Kier alpha value is -2.04. The van der Waals surface area contributed by atoms with Crippen molar-refractivity contribution in [3.05, 3.63) is 29.8 Å². The predicted molar refractivity (Wildman–Crippen MR) is 74.6 cm³/mol. The molecule has 0 saturated carbocycles. The molecule has 1 rings (SSSR count). The van der Waals surface area contributed by atoms with E-state index in [-0.39, 0.29) is 5.84 Å². The maximum absolute atomic E-state index is 11.5. The van der Waals surface area contributed by atoms with Crippen molar-refractivity contribution >= 4 is 11.9 Å². The van der Waals surface area contributed by atoms with E-state index in [2.05, 4.69) is 4.99 Å². The summed E-state index contributed by atoms with van der Waals surface area (Å²) >= 11 is 0. The molecule has 1 aromatic rings. The van der Waals surface area contributed by atoms with Crippen LogP contribution >= 0.6 is 0 Å². The third-order valence-electron chi connectivity index (χ3n) is 2.15. The van der Waals surface area contributed by atoms with E-state index in [1.54, 1.807) is 27.9 Å². The molecular formula is C14H20N2O3. The van der Waals surface area contributed by atoms with Crippen LogP contribution in [-0.2, 0) is 11.2 Å². The molecule has 0 radical (unpaired) electrons. The first kappa shape index (κ1) is 15.0. The van der Waals surface area contributed by atoms with Gasteiger partial charge in [0.2, 0.25) is 0 Å². The highest BCUT2D eigenvalue weighted by Gasteiger charge is 2.15. The molecule has 0 heterocycles. The van der Waals surface area contributed by atoms with Crippen molar-refractivity contribution in [1.29, 1.82) is 0 Å². The monoisotopic (exact) mass is 264 g/mol. The van der Waals surface area contributed by atoms with Crippen LogP contribution in [0, 0.1) is 0 Å². The molecule has 104 valence electrons. The summed E-state index contributed by atoms with van der Waals surface area (Å²) < 4.78 is 10.2. The zero-order valence-electron chi connectivity index (χ0n) is 11.8. The number of benzene rings is 1. The van der Waals surface area contributed by atoms with Crippen LogP contribution < -0.4 is 10.5 Å². The molecule has 0 spiro atoms. The van der Waals surface area contributed by atoms with Crippen molar-refractivity contribution in [1.82, 2.24) is 0 Å². The topological polar surface area (TPSA) is 73.9 Å². The zero-order chi connectivity index (χ0) is 14.5. The van der Waals surface area contributed by atoms with Crippen LogP contribution in [0.3, 0.4) is 0 Å². The van der Waals surface area contributed by atoms with Crippen molar-refractivity contribution < 1.29 is 14.3 Å². The van der Waals surface area contributed by atoms with Crippen LogP contribution in [0.5, 0.6) is 5.75 Å². The van der Waals surface area contributed by atoms with Crippen LogP contribution in [0.25, 0.3) is 0 Å². The van der Waals surface area contributed by atoms with Crippen molar-refractivity contribution in [3.63, 3.8) is 0 Å². The van der Waals surface area contributed by atoms with Gasteiger partial charge in [-0.3, -0.25) is 0 Å². The molecule has 0 aromatic heterocycles. The van der Waals surface area contributed by atoms with Crippen LogP contribution in [0.4, 0.5) is 4.79 Å². The molecule has 0 atom stereocenters. The number of nitrogens with zero attached hydrogens (tertiary/aromatic N) is 1. The highest BCUT2D eigenvalue weighted by Crippen LogP contribution is 2.13. The zero-order valence-corrected chi connectivity index (χ0v) is 11.8. The maximum atomic E-state index is 11.5. The Bertz CT molecular complexity index is 476. The van der Waals surface area contributed by atoms with Gasteiger partial charge in [-0.05, 0) is 38.5 Å². The lowest BCUT2D eigenvalue weighted by molar-refractivity contribution is 0.0604. The predicted octanol–water partition coefficient (Wildman–Crippen LogP) is 2.53. The summed E-state index contributed by atoms with van der Waals surface area (Å²) in [5, 5.41) is 0. The average Bonchev–Trinajstić information content (AvgIpc) is 2.26. The largest absolute Gasteiger partial charge is 0.497 e. The molecule has 0 unspecified atom stereocenters. The van der Waals surface area contributed by atoms with Crippen LogP contribution in [0.2, 0.25) is 0 Å². The van der Waals surface area contributed by atoms with Gasteiger partial charge in [0.05, 0.1) is 7.11 Å². The Morgan fingerprint density at radius 2 is 2.05 bits per heavy atom.